The summed E-state index contributed by atoms with van der Waals surface area (Å²) < 4.78 is 32.4. The van der Waals surface area contributed by atoms with Gasteiger partial charge in [0.05, 0.1) is 4.90 Å². The molecule has 0 aromatic heterocycles. The Morgan fingerprint density at radius 2 is 1.59 bits per heavy atom. The molecule has 8 nitrogen and oxygen atoms in total. The predicted octanol–water partition coefficient (Wildman–Crippen LogP) is 4.88. The zero-order chi connectivity index (χ0) is 29.7. The lowest BCUT2D eigenvalue weighted by Gasteiger charge is -2.32. The molecule has 2 amide bonds. The zero-order valence-corrected chi connectivity index (χ0v) is 25.1. The molecule has 1 unspecified atom stereocenters. The molecule has 3 aromatic rings. The Bertz CT molecular complexity index is 1350. The summed E-state index contributed by atoms with van der Waals surface area (Å²) in [4.78, 5) is 29.2. The number of carbonyl (C=O) groups is 2. The molecule has 2 N–H and O–H groups in total. The van der Waals surface area contributed by atoms with Crippen molar-refractivity contribution in [1.29, 1.82) is 0 Å². The van der Waals surface area contributed by atoms with Crippen LogP contribution in [0.2, 0.25) is 5.02 Å². The van der Waals surface area contributed by atoms with Crippen molar-refractivity contribution in [2.75, 3.05) is 26.3 Å². The van der Waals surface area contributed by atoms with Gasteiger partial charge in [-0.25, -0.2) is 13.1 Å². The van der Waals surface area contributed by atoms with Gasteiger partial charge in [0, 0.05) is 44.3 Å². The van der Waals surface area contributed by atoms with Gasteiger partial charge in [0.25, 0.3) is 0 Å². The van der Waals surface area contributed by atoms with E-state index < -0.39 is 16.1 Å². The van der Waals surface area contributed by atoms with E-state index in [1.54, 1.807) is 36.1 Å². The van der Waals surface area contributed by atoms with E-state index in [1.807, 2.05) is 49.4 Å². The van der Waals surface area contributed by atoms with E-state index in [-0.39, 0.29) is 29.7 Å². The molecule has 0 aliphatic rings. The Morgan fingerprint density at radius 3 is 2.22 bits per heavy atom. The Morgan fingerprint density at radius 1 is 0.927 bits per heavy atom. The fourth-order valence-electron chi connectivity index (χ4n) is 4.35. The molecule has 0 saturated heterocycles. The van der Waals surface area contributed by atoms with E-state index in [2.05, 4.69) is 10.0 Å². The van der Waals surface area contributed by atoms with Crippen LogP contribution in [0.15, 0.2) is 83.8 Å². The molecular weight excluding hydrogens is 562 g/mol. The number of halogens is 1. The number of nitrogens with zero attached hydrogens (tertiary/aromatic N) is 1. The number of carbonyl (C=O) groups excluding carboxylic acids is 2. The molecule has 0 aliphatic heterocycles. The Labute approximate surface area is 248 Å². The van der Waals surface area contributed by atoms with E-state index in [0.717, 1.165) is 11.1 Å². The lowest BCUT2D eigenvalue weighted by Crippen LogP contribution is -2.43. The first-order chi connectivity index (χ1) is 19.7. The van der Waals surface area contributed by atoms with Crippen molar-refractivity contribution < 1.29 is 22.7 Å². The molecule has 1 atom stereocenters. The first kappa shape index (κ1) is 32.3. The second kappa shape index (κ2) is 16.3. The Balaban J connectivity index is 1.84. The second-order valence-electron chi connectivity index (χ2n) is 9.45. The van der Waals surface area contributed by atoms with Crippen LogP contribution in [-0.2, 0) is 37.3 Å². The van der Waals surface area contributed by atoms with Crippen molar-refractivity contribution in [2.45, 2.75) is 50.6 Å². The number of aryl methyl sites for hydroxylation is 1. The largest absolute Gasteiger partial charge is 0.382 e. The standard InChI is InChI=1S/C31H38ClN3O5S/c1-3-34-41(38,39)28-18-13-24(14-19-28)15-20-29(36)35(23-25-11-16-27(32)17-12-25)30(26-9-6-5-7-10-26)31(37)33-21-8-22-40-4-2/h5-7,9-14,16-19,30,34H,3-4,8,15,20-23H2,1-2H3,(H,33,37). The summed E-state index contributed by atoms with van der Waals surface area (Å²) in [7, 11) is -3.56. The average molecular weight is 600 g/mol. The van der Waals surface area contributed by atoms with Gasteiger partial charge in [-0.1, -0.05) is 73.1 Å². The topological polar surface area (TPSA) is 105 Å². The summed E-state index contributed by atoms with van der Waals surface area (Å²) in [5, 5.41) is 3.56. The third-order valence-corrected chi connectivity index (χ3v) is 8.24. The zero-order valence-electron chi connectivity index (χ0n) is 23.5. The number of hydrogen-bond acceptors (Lipinski definition) is 5. The van der Waals surface area contributed by atoms with Crippen LogP contribution < -0.4 is 10.0 Å². The molecule has 0 spiro atoms. The van der Waals surface area contributed by atoms with Crippen molar-refractivity contribution in [1.82, 2.24) is 14.9 Å². The highest BCUT2D eigenvalue weighted by molar-refractivity contribution is 7.89. The average Bonchev–Trinajstić information content (AvgIpc) is 2.97. The van der Waals surface area contributed by atoms with Gasteiger partial charge in [0.15, 0.2) is 0 Å². The molecule has 0 bridgehead atoms. The van der Waals surface area contributed by atoms with Gasteiger partial charge in [-0.05, 0) is 60.7 Å². The lowest BCUT2D eigenvalue weighted by molar-refractivity contribution is -0.141. The molecule has 0 fully saturated rings. The lowest BCUT2D eigenvalue weighted by atomic mass is 10.0. The van der Waals surface area contributed by atoms with Gasteiger partial charge in [-0.3, -0.25) is 9.59 Å². The highest BCUT2D eigenvalue weighted by Gasteiger charge is 2.31. The molecular formula is C31H38ClN3O5S. The van der Waals surface area contributed by atoms with Crippen LogP contribution in [0.3, 0.4) is 0 Å². The van der Waals surface area contributed by atoms with E-state index in [9.17, 15) is 18.0 Å². The monoisotopic (exact) mass is 599 g/mol. The number of benzene rings is 3. The molecule has 0 heterocycles. The van der Waals surface area contributed by atoms with Gasteiger partial charge >= 0.3 is 0 Å². The van der Waals surface area contributed by atoms with Crippen LogP contribution in [0.4, 0.5) is 0 Å². The second-order valence-corrected chi connectivity index (χ2v) is 11.7. The minimum atomic E-state index is -3.56. The first-order valence-corrected chi connectivity index (χ1v) is 15.6. The third kappa shape index (κ3) is 9.97. The van der Waals surface area contributed by atoms with Gasteiger partial charge in [0.2, 0.25) is 21.8 Å². The maximum absolute atomic E-state index is 13.8. The maximum atomic E-state index is 13.8. The number of ether oxygens (including phenoxy) is 1. The highest BCUT2D eigenvalue weighted by atomic mass is 35.5. The van der Waals surface area contributed by atoms with Crippen molar-refractivity contribution >= 4 is 33.4 Å². The number of nitrogens with one attached hydrogen (secondary N) is 2. The smallest absolute Gasteiger partial charge is 0.247 e. The number of amides is 2. The quantitative estimate of drug-likeness (QED) is 0.228. The van der Waals surface area contributed by atoms with Crippen molar-refractivity contribution in [3.05, 3.63) is 101 Å². The van der Waals surface area contributed by atoms with Gasteiger partial charge in [0.1, 0.15) is 6.04 Å². The Kier molecular flexibility index (Phi) is 12.8. The summed E-state index contributed by atoms with van der Waals surface area (Å²) in [6, 6.07) is 22.1. The van der Waals surface area contributed by atoms with Crippen LogP contribution >= 0.6 is 11.6 Å². The minimum absolute atomic E-state index is 0.133. The minimum Gasteiger partial charge on any atom is -0.382 e. The third-order valence-electron chi connectivity index (χ3n) is 6.43. The molecule has 0 saturated carbocycles. The van der Waals surface area contributed by atoms with Gasteiger partial charge in [-0.15, -0.1) is 0 Å². The number of sulfonamides is 1. The van der Waals surface area contributed by atoms with Crippen LogP contribution in [0.5, 0.6) is 0 Å². The Hall–Kier alpha value is -3.24. The van der Waals surface area contributed by atoms with Gasteiger partial charge < -0.3 is 15.0 Å². The van der Waals surface area contributed by atoms with Gasteiger partial charge in [-0.2, -0.15) is 0 Å². The van der Waals surface area contributed by atoms with Crippen molar-refractivity contribution in [3.8, 4) is 0 Å². The first-order valence-electron chi connectivity index (χ1n) is 13.8. The van der Waals surface area contributed by atoms with Crippen LogP contribution in [0.1, 0.15) is 49.4 Å². The molecule has 0 radical (unpaired) electrons. The summed E-state index contributed by atoms with van der Waals surface area (Å²) >= 11 is 6.09. The van der Waals surface area contributed by atoms with Crippen LogP contribution in [0.25, 0.3) is 0 Å². The van der Waals surface area contributed by atoms with Crippen molar-refractivity contribution in [3.63, 3.8) is 0 Å². The van der Waals surface area contributed by atoms with Crippen molar-refractivity contribution in [2.24, 2.45) is 0 Å². The molecule has 220 valence electrons. The van der Waals surface area contributed by atoms with E-state index in [0.29, 0.717) is 49.7 Å². The van der Waals surface area contributed by atoms with E-state index >= 15 is 0 Å². The van der Waals surface area contributed by atoms with Crippen LogP contribution in [0, 0.1) is 0 Å². The maximum Gasteiger partial charge on any atom is 0.247 e. The SMILES string of the molecule is CCNS(=O)(=O)c1ccc(CCC(=O)N(Cc2ccc(Cl)cc2)C(C(=O)NCCCOCC)c2ccccc2)cc1. The number of rotatable bonds is 16. The fraction of sp³-hybridized carbons (Fsp3) is 0.355. The normalized spacial score (nSPS) is 12.1. The van der Waals surface area contributed by atoms with E-state index in [1.165, 1.54) is 12.1 Å². The molecule has 41 heavy (non-hydrogen) atoms. The van der Waals surface area contributed by atoms with Crippen LogP contribution in [-0.4, -0.2) is 51.4 Å². The summed E-state index contributed by atoms with van der Waals surface area (Å²) in [6.45, 7) is 5.72. The molecule has 3 aromatic carbocycles. The predicted molar refractivity (Wildman–Crippen MR) is 161 cm³/mol. The van der Waals surface area contributed by atoms with E-state index in [4.69, 9.17) is 16.3 Å². The summed E-state index contributed by atoms with van der Waals surface area (Å²) in [5.74, 6) is -0.476. The summed E-state index contributed by atoms with van der Waals surface area (Å²) in [5.41, 5.74) is 2.36. The molecule has 3 rings (SSSR count). The molecule has 0 aliphatic carbocycles. The molecule has 10 heteroatoms. The summed E-state index contributed by atoms with van der Waals surface area (Å²) in [6.07, 6.45) is 1.18. The fourth-order valence-corrected chi connectivity index (χ4v) is 5.52. The number of hydrogen-bond donors (Lipinski definition) is 2. The highest BCUT2D eigenvalue weighted by Crippen LogP contribution is 2.26.